The number of ether oxygens (including phenoxy) is 1. The number of benzene rings is 2. The summed E-state index contributed by atoms with van der Waals surface area (Å²) in [5.74, 6) is 0.380. The Kier molecular flexibility index (Phi) is 6.03. The highest BCUT2D eigenvalue weighted by Crippen LogP contribution is 2.29. The first-order valence-corrected chi connectivity index (χ1v) is 7.83. The molecule has 0 aromatic heterocycles. The van der Waals surface area contributed by atoms with Gasteiger partial charge in [0.25, 0.3) is 0 Å². The minimum absolute atomic E-state index is 0.288. The summed E-state index contributed by atoms with van der Waals surface area (Å²) >= 11 is 9.38. The summed E-state index contributed by atoms with van der Waals surface area (Å²) in [5, 5.41) is 3.83. The smallest absolute Gasteiger partial charge is 0.142 e. The summed E-state index contributed by atoms with van der Waals surface area (Å²) in [5.41, 5.74) is 1.88. The van der Waals surface area contributed by atoms with E-state index in [1.807, 2.05) is 19.1 Å². The van der Waals surface area contributed by atoms with Gasteiger partial charge in [0.2, 0.25) is 0 Å². The number of halogens is 3. The second kappa shape index (κ2) is 7.78. The van der Waals surface area contributed by atoms with Gasteiger partial charge < -0.3 is 10.1 Å². The van der Waals surface area contributed by atoms with Crippen LogP contribution in [0.2, 0.25) is 5.02 Å². The highest BCUT2D eigenvalue weighted by Gasteiger charge is 2.09. The van der Waals surface area contributed by atoms with E-state index in [-0.39, 0.29) is 5.82 Å². The second-order valence-corrected chi connectivity index (χ2v) is 5.81. The molecule has 0 amide bonds. The first-order valence-electron chi connectivity index (χ1n) is 6.66. The van der Waals surface area contributed by atoms with E-state index in [0.717, 1.165) is 17.7 Å². The highest BCUT2D eigenvalue weighted by molar-refractivity contribution is 9.10. The van der Waals surface area contributed by atoms with E-state index >= 15 is 0 Å². The van der Waals surface area contributed by atoms with Gasteiger partial charge in [-0.3, -0.25) is 0 Å². The molecule has 0 unspecified atom stereocenters. The second-order valence-electron chi connectivity index (χ2n) is 4.55. The van der Waals surface area contributed by atoms with Crippen LogP contribution in [0.1, 0.15) is 18.1 Å². The number of hydrogen-bond donors (Lipinski definition) is 1. The van der Waals surface area contributed by atoms with Crippen LogP contribution in [-0.4, -0.2) is 6.54 Å². The molecule has 0 spiro atoms. The summed E-state index contributed by atoms with van der Waals surface area (Å²) in [7, 11) is 0. The Morgan fingerprint density at radius 2 is 2.10 bits per heavy atom. The number of rotatable bonds is 6. The zero-order valence-corrected chi connectivity index (χ0v) is 14.0. The van der Waals surface area contributed by atoms with Gasteiger partial charge in [0.1, 0.15) is 18.2 Å². The molecule has 2 rings (SSSR count). The Balaban J connectivity index is 2.13. The van der Waals surface area contributed by atoms with Gasteiger partial charge in [0.15, 0.2) is 0 Å². The number of hydrogen-bond acceptors (Lipinski definition) is 2. The maximum Gasteiger partial charge on any atom is 0.142 e. The lowest BCUT2D eigenvalue weighted by Gasteiger charge is -2.13. The van der Waals surface area contributed by atoms with Gasteiger partial charge in [-0.05, 0) is 46.2 Å². The van der Waals surface area contributed by atoms with Crippen LogP contribution in [0.3, 0.4) is 0 Å². The van der Waals surface area contributed by atoms with E-state index < -0.39 is 0 Å². The van der Waals surface area contributed by atoms with Crippen molar-refractivity contribution in [3.8, 4) is 5.75 Å². The lowest BCUT2D eigenvalue weighted by molar-refractivity contribution is 0.302. The van der Waals surface area contributed by atoms with Crippen LogP contribution < -0.4 is 10.1 Å². The first-order chi connectivity index (χ1) is 10.1. The van der Waals surface area contributed by atoms with Crippen LogP contribution in [0.25, 0.3) is 0 Å². The van der Waals surface area contributed by atoms with Crippen molar-refractivity contribution in [3.05, 3.63) is 62.8 Å². The van der Waals surface area contributed by atoms with E-state index in [0.29, 0.717) is 28.4 Å². The topological polar surface area (TPSA) is 21.3 Å². The summed E-state index contributed by atoms with van der Waals surface area (Å²) in [4.78, 5) is 0. The normalized spacial score (nSPS) is 10.7. The number of para-hydroxylation sites is 1. The zero-order valence-electron chi connectivity index (χ0n) is 11.6. The maximum atomic E-state index is 13.2. The molecule has 0 aliphatic rings. The molecule has 21 heavy (non-hydrogen) atoms. The number of nitrogens with one attached hydrogen (secondary N) is 1. The van der Waals surface area contributed by atoms with Crippen LogP contribution in [0.5, 0.6) is 5.75 Å². The molecular weight excluding hydrogens is 357 g/mol. The Bertz CT molecular complexity index is 621. The summed E-state index contributed by atoms with van der Waals surface area (Å²) in [6.07, 6.45) is 0. The van der Waals surface area contributed by atoms with Crippen LogP contribution in [0, 0.1) is 5.82 Å². The fourth-order valence-electron chi connectivity index (χ4n) is 1.90. The van der Waals surface area contributed by atoms with Crippen molar-refractivity contribution >= 4 is 27.5 Å². The van der Waals surface area contributed by atoms with E-state index in [9.17, 15) is 4.39 Å². The molecule has 0 saturated heterocycles. The van der Waals surface area contributed by atoms with E-state index in [2.05, 4.69) is 21.2 Å². The van der Waals surface area contributed by atoms with Crippen LogP contribution >= 0.6 is 27.5 Å². The summed E-state index contributed by atoms with van der Waals surface area (Å²) < 4.78 is 19.5. The van der Waals surface area contributed by atoms with Crippen molar-refractivity contribution in [2.24, 2.45) is 0 Å². The Morgan fingerprint density at radius 1 is 1.29 bits per heavy atom. The van der Waals surface area contributed by atoms with Crippen LogP contribution in [0.15, 0.2) is 40.9 Å². The molecule has 0 bridgehead atoms. The average molecular weight is 373 g/mol. The van der Waals surface area contributed by atoms with Crippen LogP contribution in [0.4, 0.5) is 4.39 Å². The molecule has 0 aliphatic heterocycles. The van der Waals surface area contributed by atoms with Gasteiger partial charge in [0, 0.05) is 12.1 Å². The lowest BCUT2D eigenvalue weighted by atomic mass is 10.2. The molecular formula is C16H16BrClFNO. The van der Waals surface area contributed by atoms with Crippen molar-refractivity contribution in [1.82, 2.24) is 5.32 Å². The molecule has 0 heterocycles. The molecule has 0 atom stereocenters. The molecule has 0 radical (unpaired) electrons. The van der Waals surface area contributed by atoms with E-state index in [4.69, 9.17) is 16.3 Å². The van der Waals surface area contributed by atoms with Crippen molar-refractivity contribution in [1.29, 1.82) is 0 Å². The van der Waals surface area contributed by atoms with E-state index in [1.165, 1.54) is 6.07 Å². The molecule has 0 saturated carbocycles. The van der Waals surface area contributed by atoms with Crippen molar-refractivity contribution in [3.63, 3.8) is 0 Å². The minimum Gasteiger partial charge on any atom is -0.487 e. The maximum absolute atomic E-state index is 13.2. The van der Waals surface area contributed by atoms with Gasteiger partial charge in [-0.2, -0.15) is 0 Å². The molecule has 112 valence electrons. The third kappa shape index (κ3) is 4.43. The molecule has 2 nitrogen and oxygen atoms in total. The molecule has 2 aromatic rings. The average Bonchev–Trinajstić information content (AvgIpc) is 2.47. The third-order valence-electron chi connectivity index (χ3n) is 2.98. The molecule has 5 heteroatoms. The fourth-order valence-corrected chi connectivity index (χ4v) is 2.57. The molecule has 0 aliphatic carbocycles. The predicted molar refractivity (Wildman–Crippen MR) is 87.3 cm³/mol. The quantitative estimate of drug-likeness (QED) is 0.776. The standard InChI is InChI=1S/C16H16BrClFNO/c1-2-20-9-12-4-3-5-14(18)16(12)21-10-11-6-7-15(19)13(17)8-11/h3-8,20H,2,9-10H2,1H3. The SMILES string of the molecule is CCNCc1cccc(Cl)c1OCc1ccc(F)c(Br)c1. The highest BCUT2D eigenvalue weighted by atomic mass is 79.9. The lowest BCUT2D eigenvalue weighted by Crippen LogP contribution is -2.13. The van der Waals surface area contributed by atoms with Gasteiger partial charge in [-0.1, -0.05) is 36.7 Å². The Morgan fingerprint density at radius 3 is 2.81 bits per heavy atom. The molecule has 1 N–H and O–H groups in total. The predicted octanol–water partition coefficient (Wildman–Crippen LogP) is 4.93. The van der Waals surface area contributed by atoms with Gasteiger partial charge in [-0.15, -0.1) is 0 Å². The van der Waals surface area contributed by atoms with Crippen LogP contribution in [-0.2, 0) is 13.2 Å². The third-order valence-corrected chi connectivity index (χ3v) is 3.89. The Hall–Kier alpha value is -1.10. The van der Waals surface area contributed by atoms with Crippen molar-refractivity contribution < 1.29 is 9.13 Å². The summed E-state index contributed by atoms with van der Waals surface area (Å²) in [6, 6.07) is 10.5. The first kappa shape index (κ1) is 16.3. The van der Waals surface area contributed by atoms with Gasteiger partial charge in [0.05, 0.1) is 9.50 Å². The monoisotopic (exact) mass is 371 g/mol. The summed E-state index contributed by atoms with van der Waals surface area (Å²) in [6.45, 7) is 3.94. The molecule has 2 aromatic carbocycles. The van der Waals surface area contributed by atoms with Crippen molar-refractivity contribution in [2.75, 3.05) is 6.54 Å². The van der Waals surface area contributed by atoms with Gasteiger partial charge in [-0.25, -0.2) is 4.39 Å². The zero-order chi connectivity index (χ0) is 15.2. The van der Waals surface area contributed by atoms with Gasteiger partial charge >= 0.3 is 0 Å². The van der Waals surface area contributed by atoms with E-state index in [1.54, 1.807) is 18.2 Å². The minimum atomic E-state index is -0.288. The largest absolute Gasteiger partial charge is 0.487 e. The fraction of sp³-hybridized carbons (Fsp3) is 0.250. The Labute approximate surface area is 137 Å². The van der Waals surface area contributed by atoms with Crippen molar-refractivity contribution in [2.45, 2.75) is 20.1 Å². The molecule has 0 fully saturated rings.